The first-order chi connectivity index (χ1) is 13.7. The average Bonchev–Trinajstić information content (AvgIpc) is 2.76. The standard InChI is InChI=1S/C24H27N3O/c1-19-8-10-20(11-9-19)18-26-13-15-27(16-14-26)23-7-3-2-6-22(23)24(28)21-5-4-12-25-17-21/h2-12,17,24,28H,13-16,18H2,1H3. The Bertz CT molecular complexity index is 887. The fourth-order valence-corrected chi connectivity index (χ4v) is 3.82. The second-order valence-electron chi connectivity index (χ2n) is 7.50. The van der Waals surface area contributed by atoms with Gasteiger partial charge in [-0.25, -0.2) is 0 Å². The lowest BCUT2D eigenvalue weighted by atomic mass is 10.00. The zero-order valence-electron chi connectivity index (χ0n) is 16.3. The van der Waals surface area contributed by atoms with E-state index in [1.54, 1.807) is 12.4 Å². The van der Waals surface area contributed by atoms with E-state index < -0.39 is 6.10 Å². The highest BCUT2D eigenvalue weighted by atomic mass is 16.3. The number of para-hydroxylation sites is 1. The molecule has 1 aliphatic rings. The quantitative estimate of drug-likeness (QED) is 0.739. The van der Waals surface area contributed by atoms with Crippen LogP contribution in [0.25, 0.3) is 0 Å². The molecular formula is C24H27N3O. The molecule has 0 amide bonds. The molecule has 1 atom stereocenters. The molecule has 1 aliphatic heterocycles. The summed E-state index contributed by atoms with van der Waals surface area (Å²) in [7, 11) is 0. The highest BCUT2D eigenvalue weighted by Gasteiger charge is 2.22. The summed E-state index contributed by atoms with van der Waals surface area (Å²) < 4.78 is 0. The highest BCUT2D eigenvalue weighted by molar-refractivity contribution is 5.56. The molecule has 0 spiro atoms. The SMILES string of the molecule is Cc1ccc(CN2CCN(c3ccccc3C(O)c3cccnc3)CC2)cc1. The fourth-order valence-electron chi connectivity index (χ4n) is 3.82. The number of hydrogen-bond donors (Lipinski definition) is 1. The summed E-state index contributed by atoms with van der Waals surface area (Å²) in [6.07, 6.45) is 2.81. The number of aryl methyl sites for hydroxylation is 1. The van der Waals surface area contributed by atoms with E-state index in [0.29, 0.717) is 0 Å². The number of anilines is 1. The van der Waals surface area contributed by atoms with E-state index in [0.717, 1.165) is 49.5 Å². The van der Waals surface area contributed by atoms with Crippen molar-refractivity contribution in [2.45, 2.75) is 19.6 Å². The largest absolute Gasteiger partial charge is 0.384 e. The summed E-state index contributed by atoms with van der Waals surface area (Å²) >= 11 is 0. The molecule has 1 unspecified atom stereocenters. The van der Waals surface area contributed by atoms with E-state index in [1.807, 2.05) is 30.3 Å². The minimum atomic E-state index is -0.657. The molecule has 4 nitrogen and oxygen atoms in total. The van der Waals surface area contributed by atoms with Crippen LogP contribution in [0.5, 0.6) is 0 Å². The predicted octanol–water partition coefficient (Wildman–Crippen LogP) is 3.79. The van der Waals surface area contributed by atoms with Gasteiger partial charge in [-0.05, 0) is 24.6 Å². The van der Waals surface area contributed by atoms with Crippen LogP contribution in [0.2, 0.25) is 0 Å². The minimum Gasteiger partial charge on any atom is -0.384 e. The molecule has 1 aromatic heterocycles. The third kappa shape index (κ3) is 4.24. The summed E-state index contributed by atoms with van der Waals surface area (Å²) in [6.45, 7) is 7.08. The normalized spacial score (nSPS) is 16.1. The summed E-state index contributed by atoms with van der Waals surface area (Å²) in [5.41, 5.74) is 5.56. The van der Waals surface area contributed by atoms with Crippen LogP contribution in [-0.4, -0.2) is 41.2 Å². The minimum absolute atomic E-state index is 0.657. The molecule has 3 aromatic rings. The van der Waals surface area contributed by atoms with E-state index in [1.165, 1.54) is 11.1 Å². The van der Waals surface area contributed by atoms with Crippen LogP contribution in [0.3, 0.4) is 0 Å². The predicted molar refractivity (Wildman–Crippen MR) is 113 cm³/mol. The van der Waals surface area contributed by atoms with Gasteiger partial charge in [0.05, 0.1) is 0 Å². The first-order valence-electron chi connectivity index (χ1n) is 9.90. The van der Waals surface area contributed by atoms with Crippen molar-refractivity contribution in [3.05, 3.63) is 95.3 Å². The van der Waals surface area contributed by atoms with Crippen LogP contribution in [-0.2, 0) is 6.54 Å². The molecule has 4 heteroatoms. The Balaban J connectivity index is 1.44. The lowest BCUT2D eigenvalue weighted by molar-refractivity contribution is 0.218. The number of aliphatic hydroxyl groups excluding tert-OH is 1. The lowest BCUT2D eigenvalue weighted by Gasteiger charge is -2.37. The van der Waals surface area contributed by atoms with Gasteiger partial charge in [0.15, 0.2) is 0 Å². The van der Waals surface area contributed by atoms with Crippen LogP contribution in [0.1, 0.15) is 28.4 Å². The molecule has 1 saturated heterocycles. The monoisotopic (exact) mass is 373 g/mol. The van der Waals surface area contributed by atoms with E-state index in [9.17, 15) is 5.11 Å². The topological polar surface area (TPSA) is 39.6 Å². The van der Waals surface area contributed by atoms with Crippen molar-refractivity contribution in [1.82, 2.24) is 9.88 Å². The smallest absolute Gasteiger partial charge is 0.108 e. The second-order valence-corrected chi connectivity index (χ2v) is 7.50. The van der Waals surface area contributed by atoms with E-state index in [2.05, 4.69) is 52.0 Å². The zero-order valence-corrected chi connectivity index (χ0v) is 16.3. The van der Waals surface area contributed by atoms with Crippen LogP contribution >= 0.6 is 0 Å². The molecule has 1 fully saturated rings. The van der Waals surface area contributed by atoms with Crippen LogP contribution in [0.15, 0.2) is 73.1 Å². The number of aliphatic hydroxyl groups is 1. The molecule has 28 heavy (non-hydrogen) atoms. The van der Waals surface area contributed by atoms with Crippen molar-refractivity contribution in [3.8, 4) is 0 Å². The molecule has 0 bridgehead atoms. The third-order valence-corrected chi connectivity index (χ3v) is 5.47. The molecule has 0 radical (unpaired) electrons. The molecule has 144 valence electrons. The maximum atomic E-state index is 10.9. The Morgan fingerprint density at radius 1 is 0.929 bits per heavy atom. The van der Waals surface area contributed by atoms with Crippen molar-refractivity contribution < 1.29 is 5.11 Å². The number of hydrogen-bond acceptors (Lipinski definition) is 4. The van der Waals surface area contributed by atoms with Gasteiger partial charge >= 0.3 is 0 Å². The fraction of sp³-hybridized carbons (Fsp3) is 0.292. The summed E-state index contributed by atoms with van der Waals surface area (Å²) in [5, 5.41) is 10.9. The zero-order chi connectivity index (χ0) is 19.3. The molecule has 4 rings (SSSR count). The van der Waals surface area contributed by atoms with Gasteiger partial charge in [-0.15, -0.1) is 0 Å². The van der Waals surface area contributed by atoms with Gasteiger partial charge in [0.25, 0.3) is 0 Å². The van der Waals surface area contributed by atoms with E-state index in [-0.39, 0.29) is 0 Å². The van der Waals surface area contributed by atoms with Gasteiger partial charge in [-0.3, -0.25) is 9.88 Å². The van der Waals surface area contributed by atoms with Gasteiger partial charge < -0.3 is 10.0 Å². The van der Waals surface area contributed by atoms with Crippen molar-refractivity contribution in [2.24, 2.45) is 0 Å². The van der Waals surface area contributed by atoms with Crippen molar-refractivity contribution in [1.29, 1.82) is 0 Å². The molecule has 0 saturated carbocycles. The summed E-state index contributed by atoms with van der Waals surface area (Å²) in [6, 6.07) is 20.8. The number of pyridine rings is 1. The maximum absolute atomic E-state index is 10.9. The van der Waals surface area contributed by atoms with Gasteiger partial charge in [-0.2, -0.15) is 0 Å². The third-order valence-electron chi connectivity index (χ3n) is 5.47. The summed E-state index contributed by atoms with van der Waals surface area (Å²) in [5.74, 6) is 0. The Hall–Kier alpha value is -2.69. The Morgan fingerprint density at radius 3 is 2.39 bits per heavy atom. The molecule has 2 aromatic carbocycles. The van der Waals surface area contributed by atoms with Crippen LogP contribution in [0, 0.1) is 6.92 Å². The first kappa shape index (κ1) is 18.7. The average molecular weight is 374 g/mol. The Labute approximate surface area is 167 Å². The Kier molecular flexibility index (Phi) is 5.70. The van der Waals surface area contributed by atoms with Crippen LogP contribution < -0.4 is 4.90 Å². The number of rotatable bonds is 5. The first-order valence-corrected chi connectivity index (χ1v) is 9.90. The summed E-state index contributed by atoms with van der Waals surface area (Å²) in [4.78, 5) is 9.04. The number of nitrogens with zero attached hydrogens (tertiary/aromatic N) is 3. The second kappa shape index (κ2) is 8.55. The van der Waals surface area contributed by atoms with Crippen molar-refractivity contribution in [3.63, 3.8) is 0 Å². The number of aromatic nitrogens is 1. The van der Waals surface area contributed by atoms with Crippen molar-refractivity contribution >= 4 is 5.69 Å². The molecule has 1 N–H and O–H groups in total. The van der Waals surface area contributed by atoms with Gasteiger partial charge in [-0.1, -0.05) is 54.1 Å². The number of piperazine rings is 1. The molecule has 0 aliphatic carbocycles. The van der Waals surface area contributed by atoms with Crippen molar-refractivity contribution in [2.75, 3.05) is 31.1 Å². The molecular weight excluding hydrogens is 346 g/mol. The number of benzene rings is 2. The lowest BCUT2D eigenvalue weighted by Crippen LogP contribution is -2.46. The van der Waals surface area contributed by atoms with Crippen LogP contribution in [0.4, 0.5) is 5.69 Å². The van der Waals surface area contributed by atoms with Gasteiger partial charge in [0.1, 0.15) is 6.10 Å². The Morgan fingerprint density at radius 2 is 1.68 bits per heavy atom. The molecule has 2 heterocycles. The van der Waals surface area contributed by atoms with Gasteiger partial charge in [0.2, 0.25) is 0 Å². The highest BCUT2D eigenvalue weighted by Crippen LogP contribution is 2.31. The maximum Gasteiger partial charge on any atom is 0.108 e. The van der Waals surface area contributed by atoms with E-state index >= 15 is 0 Å². The van der Waals surface area contributed by atoms with E-state index in [4.69, 9.17) is 0 Å². The van der Waals surface area contributed by atoms with Gasteiger partial charge in [0, 0.05) is 61.9 Å².